The molecule has 1 atom stereocenters. The van der Waals surface area contributed by atoms with Crippen LogP contribution in [0.15, 0.2) is 27.6 Å². The number of hydrogen-bond acceptors (Lipinski definition) is 5. The lowest BCUT2D eigenvalue weighted by molar-refractivity contribution is 0.328. The van der Waals surface area contributed by atoms with Crippen molar-refractivity contribution in [3.8, 4) is 0 Å². The number of halogens is 1. The second kappa shape index (κ2) is 5.56. The van der Waals surface area contributed by atoms with Gasteiger partial charge in [0.1, 0.15) is 0 Å². The van der Waals surface area contributed by atoms with E-state index in [-0.39, 0.29) is 18.3 Å². The standard InChI is InChI=1S/C11H17BrN2O4S2/c1-8-10-7-9(12)3-4-11(10)20(17,18)14(8)5-6-19(15,16)13-2/h3-4,7-8,13,17-18H,5-6H2,1-2H3. The summed E-state index contributed by atoms with van der Waals surface area (Å²) in [5.41, 5.74) is 0.807. The van der Waals surface area contributed by atoms with Crippen LogP contribution < -0.4 is 4.72 Å². The highest BCUT2D eigenvalue weighted by Crippen LogP contribution is 2.63. The second-order valence-electron chi connectivity index (χ2n) is 4.54. The maximum absolute atomic E-state index is 11.5. The van der Waals surface area contributed by atoms with E-state index in [4.69, 9.17) is 0 Å². The predicted molar refractivity (Wildman–Crippen MR) is 83.2 cm³/mol. The van der Waals surface area contributed by atoms with Crippen molar-refractivity contribution in [2.24, 2.45) is 0 Å². The molecule has 1 aliphatic heterocycles. The summed E-state index contributed by atoms with van der Waals surface area (Å²) in [4.78, 5) is 0.468. The maximum Gasteiger partial charge on any atom is 0.212 e. The first-order valence-electron chi connectivity index (χ1n) is 5.95. The minimum atomic E-state index is -3.39. The van der Waals surface area contributed by atoms with E-state index in [1.54, 1.807) is 12.1 Å². The number of hydrogen-bond donors (Lipinski definition) is 3. The first kappa shape index (κ1) is 16.2. The highest BCUT2D eigenvalue weighted by atomic mass is 79.9. The molecule has 1 unspecified atom stereocenters. The number of nitrogens with one attached hydrogen (secondary N) is 1. The molecule has 3 N–H and O–H groups in total. The Hall–Kier alpha value is -0.160. The molecule has 2 rings (SSSR count). The van der Waals surface area contributed by atoms with Crippen LogP contribution in [0, 0.1) is 0 Å². The molecule has 0 saturated heterocycles. The van der Waals surface area contributed by atoms with Crippen molar-refractivity contribution in [2.75, 3.05) is 19.3 Å². The van der Waals surface area contributed by atoms with E-state index < -0.39 is 20.8 Å². The van der Waals surface area contributed by atoms with Crippen molar-refractivity contribution in [1.82, 2.24) is 9.03 Å². The number of rotatable bonds is 4. The van der Waals surface area contributed by atoms with E-state index in [1.807, 2.05) is 13.0 Å². The Balaban J connectivity index is 2.29. The van der Waals surface area contributed by atoms with Crippen LogP contribution in [-0.4, -0.2) is 41.2 Å². The van der Waals surface area contributed by atoms with Gasteiger partial charge in [-0.05, 0) is 37.7 Å². The Morgan fingerprint density at radius 1 is 1.45 bits per heavy atom. The second-order valence-corrected chi connectivity index (χ2v) is 9.45. The summed E-state index contributed by atoms with van der Waals surface area (Å²) in [6.45, 7) is 1.89. The van der Waals surface area contributed by atoms with E-state index in [2.05, 4.69) is 20.7 Å². The molecule has 9 heteroatoms. The number of fused-ring (bicyclic) bond motifs is 1. The minimum absolute atomic E-state index is 0.0545. The third-order valence-electron chi connectivity index (χ3n) is 3.37. The van der Waals surface area contributed by atoms with Crippen LogP contribution in [0.4, 0.5) is 0 Å². The van der Waals surface area contributed by atoms with Gasteiger partial charge in [0.2, 0.25) is 10.0 Å². The van der Waals surface area contributed by atoms with Crippen LogP contribution in [0.25, 0.3) is 0 Å². The minimum Gasteiger partial charge on any atom is -0.281 e. The molecule has 0 amide bonds. The van der Waals surface area contributed by atoms with Crippen molar-refractivity contribution in [3.63, 3.8) is 0 Å². The zero-order valence-corrected chi connectivity index (χ0v) is 14.3. The topological polar surface area (TPSA) is 89.9 Å². The summed E-state index contributed by atoms with van der Waals surface area (Å²) in [6.07, 6.45) is 0. The molecule has 1 heterocycles. The molecule has 114 valence electrons. The Bertz CT molecular complexity index is 621. The van der Waals surface area contributed by atoms with Crippen molar-refractivity contribution in [3.05, 3.63) is 28.2 Å². The molecule has 1 aromatic carbocycles. The monoisotopic (exact) mass is 384 g/mol. The van der Waals surface area contributed by atoms with Gasteiger partial charge in [-0.1, -0.05) is 15.9 Å². The summed E-state index contributed by atoms with van der Waals surface area (Å²) >= 11 is 3.35. The predicted octanol–water partition coefficient (Wildman–Crippen LogP) is 2.40. The third-order valence-corrected chi connectivity index (χ3v) is 7.32. The van der Waals surface area contributed by atoms with Crippen LogP contribution in [0.2, 0.25) is 0 Å². The molecule has 0 spiro atoms. The molecule has 0 bridgehead atoms. The first-order valence-corrected chi connectivity index (χ1v) is 9.89. The van der Waals surface area contributed by atoms with Crippen LogP contribution in [0.3, 0.4) is 0 Å². The maximum atomic E-state index is 11.5. The lowest BCUT2D eigenvalue weighted by Crippen LogP contribution is -2.33. The number of benzene rings is 1. The molecule has 0 saturated carbocycles. The number of sulfonamides is 1. The Morgan fingerprint density at radius 3 is 2.70 bits per heavy atom. The molecular weight excluding hydrogens is 368 g/mol. The van der Waals surface area contributed by atoms with Crippen molar-refractivity contribution in [2.45, 2.75) is 17.9 Å². The van der Waals surface area contributed by atoms with E-state index >= 15 is 0 Å². The van der Waals surface area contributed by atoms with Gasteiger partial charge in [-0.2, -0.15) is 4.31 Å². The molecule has 1 aliphatic rings. The average Bonchev–Trinajstić information content (AvgIpc) is 2.55. The largest absolute Gasteiger partial charge is 0.281 e. The lowest BCUT2D eigenvalue weighted by atomic mass is 10.1. The van der Waals surface area contributed by atoms with E-state index in [0.29, 0.717) is 4.90 Å². The van der Waals surface area contributed by atoms with Crippen molar-refractivity contribution in [1.29, 1.82) is 0 Å². The molecule has 0 aromatic heterocycles. The lowest BCUT2D eigenvalue weighted by Gasteiger charge is -2.39. The highest BCUT2D eigenvalue weighted by Gasteiger charge is 2.40. The molecule has 0 fully saturated rings. The van der Waals surface area contributed by atoms with Gasteiger partial charge in [0.05, 0.1) is 16.7 Å². The Morgan fingerprint density at radius 2 is 2.10 bits per heavy atom. The van der Waals surface area contributed by atoms with Crippen LogP contribution in [0.5, 0.6) is 0 Å². The summed E-state index contributed by atoms with van der Waals surface area (Å²) in [5, 5.41) is 0. The van der Waals surface area contributed by atoms with Gasteiger partial charge in [-0.15, -0.1) is 10.8 Å². The zero-order valence-electron chi connectivity index (χ0n) is 11.1. The van der Waals surface area contributed by atoms with Gasteiger partial charge >= 0.3 is 0 Å². The van der Waals surface area contributed by atoms with E-state index in [9.17, 15) is 17.5 Å². The van der Waals surface area contributed by atoms with Crippen LogP contribution in [0.1, 0.15) is 18.5 Å². The fourth-order valence-electron chi connectivity index (χ4n) is 2.23. The van der Waals surface area contributed by atoms with Gasteiger partial charge in [0.25, 0.3) is 0 Å². The SMILES string of the molecule is CNS(=O)(=O)CCN1C(C)c2cc(Br)ccc2S1(O)O. The smallest absolute Gasteiger partial charge is 0.212 e. The van der Waals surface area contributed by atoms with E-state index in [0.717, 1.165) is 10.0 Å². The highest BCUT2D eigenvalue weighted by molar-refractivity contribution is 9.10. The first-order chi connectivity index (χ1) is 9.19. The Labute approximate surface area is 128 Å². The number of nitrogens with zero attached hydrogens (tertiary/aromatic N) is 1. The molecule has 20 heavy (non-hydrogen) atoms. The molecule has 0 aliphatic carbocycles. The quantitative estimate of drug-likeness (QED) is 0.741. The molecular formula is C11H17BrN2O4S2. The third kappa shape index (κ3) is 2.89. The van der Waals surface area contributed by atoms with Gasteiger partial charge in [0.15, 0.2) is 0 Å². The molecule has 1 aromatic rings. The summed E-state index contributed by atoms with van der Waals surface area (Å²) in [5.74, 6) is -0.182. The van der Waals surface area contributed by atoms with Gasteiger partial charge in [0, 0.05) is 11.0 Å². The molecule has 6 nitrogen and oxygen atoms in total. The van der Waals surface area contributed by atoms with Gasteiger partial charge in [-0.25, -0.2) is 13.1 Å². The molecule has 0 radical (unpaired) electrons. The summed E-state index contributed by atoms with van der Waals surface area (Å²) < 4.78 is 48.3. The van der Waals surface area contributed by atoms with Crippen molar-refractivity contribution < 1.29 is 17.5 Å². The average molecular weight is 385 g/mol. The van der Waals surface area contributed by atoms with E-state index in [1.165, 1.54) is 11.4 Å². The fourth-order valence-corrected chi connectivity index (χ4v) is 5.32. The Kier molecular flexibility index (Phi) is 4.51. The fraction of sp³-hybridized carbons (Fsp3) is 0.455. The summed E-state index contributed by atoms with van der Waals surface area (Å²) in [7, 11) is -5.17. The van der Waals surface area contributed by atoms with Gasteiger partial charge in [-0.3, -0.25) is 9.11 Å². The van der Waals surface area contributed by atoms with Crippen LogP contribution >= 0.6 is 26.7 Å². The van der Waals surface area contributed by atoms with Gasteiger partial charge < -0.3 is 0 Å². The van der Waals surface area contributed by atoms with Crippen molar-refractivity contribution >= 4 is 36.7 Å². The summed E-state index contributed by atoms with van der Waals surface area (Å²) in [6, 6.07) is 4.99. The zero-order chi connectivity index (χ0) is 15.1. The van der Waals surface area contributed by atoms with Crippen LogP contribution in [-0.2, 0) is 10.0 Å². The normalized spacial score (nSPS) is 23.6.